The summed E-state index contributed by atoms with van der Waals surface area (Å²) >= 11 is 6.06. The van der Waals surface area contributed by atoms with E-state index in [0.717, 1.165) is 12.8 Å². The molecule has 0 radical (unpaired) electrons. The Morgan fingerprint density at radius 3 is 2.77 bits per heavy atom. The number of rotatable bonds is 5. The molecule has 0 atom stereocenters. The van der Waals surface area contributed by atoms with E-state index < -0.39 is 5.54 Å². The zero-order chi connectivity index (χ0) is 15.7. The molecule has 0 saturated heterocycles. The van der Waals surface area contributed by atoms with Crippen molar-refractivity contribution >= 4 is 17.5 Å². The van der Waals surface area contributed by atoms with Crippen LogP contribution in [0.25, 0.3) is 0 Å². The van der Waals surface area contributed by atoms with Gasteiger partial charge in [0.15, 0.2) is 5.82 Å². The molecule has 3 rings (SSSR count). The third kappa shape index (κ3) is 2.76. The molecular weight excluding hydrogens is 308 g/mol. The van der Waals surface area contributed by atoms with Crippen LogP contribution in [0.3, 0.4) is 0 Å². The van der Waals surface area contributed by atoms with Crippen molar-refractivity contribution in [3.63, 3.8) is 0 Å². The number of ether oxygens (including phenoxy) is 1. The molecular formula is C14H15ClN4O3. The zero-order valence-corrected chi connectivity index (χ0v) is 13.0. The highest BCUT2D eigenvalue weighted by molar-refractivity contribution is 6.32. The fraction of sp³-hybridized carbons (Fsp3) is 0.429. The summed E-state index contributed by atoms with van der Waals surface area (Å²) in [4.78, 5) is 20.6. The topological polar surface area (TPSA) is 90.1 Å². The number of aromatic nitrogens is 3. The molecule has 0 aliphatic heterocycles. The van der Waals surface area contributed by atoms with E-state index in [1.165, 1.54) is 0 Å². The summed E-state index contributed by atoms with van der Waals surface area (Å²) in [6.45, 7) is 4.06. The number of nitrogens with zero attached hydrogens (tertiary/aromatic N) is 3. The highest BCUT2D eigenvalue weighted by Crippen LogP contribution is 2.44. The molecule has 1 amide bonds. The molecule has 22 heavy (non-hydrogen) atoms. The van der Waals surface area contributed by atoms with Gasteiger partial charge in [0.1, 0.15) is 10.7 Å². The lowest BCUT2D eigenvalue weighted by Gasteiger charge is -2.13. The van der Waals surface area contributed by atoms with E-state index in [-0.39, 0.29) is 16.6 Å². The minimum Gasteiger partial charge on any atom is -0.478 e. The Labute approximate surface area is 132 Å². The summed E-state index contributed by atoms with van der Waals surface area (Å²) in [7, 11) is 0. The summed E-state index contributed by atoms with van der Waals surface area (Å²) in [5.74, 6) is 1.02. The Kier molecular flexibility index (Phi) is 3.74. The molecule has 1 N–H and O–H groups in total. The zero-order valence-electron chi connectivity index (χ0n) is 12.2. The number of hydrogen-bond donors (Lipinski definition) is 1. The molecule has 1 aliphatic carbocycles. The Morgan fingerprint density at radius 2 is 2.23 bits per heavy atom. The van der Waals surface area contributed by atoms with E-state index in [1.54, 1.807) is 19.1 Å². The fourth-order valence-electron chi connectivity index (χ4n) is 2.11. The van der Waals surface area contributed by atoms with Crippen molar-refractivity contribution in [3.05, 3.63) is 34.6 Å². The van der Waals surface area contributed by atoms with Gasteiger partial charge < -0.3 is 14.6 Å². The number of pyridine rings is 1. The van der Waals surface area contributed by atoms with Crippen LogP contribution < -0.4 is 10.1 Å². The molecule has 0 bridgehead atoms. The molecule has 2 aromatic heterocycles. The first-order valence-corrected chi connectivity index (χ1v) is 7.34. The van der Waals surface area contributed by atoms with Crippen LogP contribution in [-0.2, 0) is 5.54 Å². The maximum Gasteiger partial charge on any atom is 0.255 e. The molecule has 7 nitrogen and oxygen atoms in total. The second-order valence-electron chi connectivity index (χ2n) is 5.10. The van der Waals surface area contributed by atoms with E-state index >= 15 is 0 Å². The molecule has 0 aromatic carbocycles. The van der Waals surface area contributed by atoms with E-state index in [2.05, 4.69) is 20.4 Å². The average molecular weight is 323 g/mol. The number of halogens is 1. The van der Waals surface area contributed by atoms with Gasteiger partial charge in [-0.1, -0.05) is 16.8 Å². The molecule has 2 aromatic rings. The minimum absolute atomic E-state index is 0.0981. The molecule has 116 valence electrons. The highest BCUT2D eigenvalue weighted by atomic mass is 35.5. The molecule has 1 saturated carbocycles. The van der Waals surface area contributed by atoms with Crippen molar-refractivity contribution in [1.82, 2.24) is 20.4 Å². The maximum absolute atomic E-state index is 12.4. The molecule has 8 heteroatoms. The smallest absolute Gasteiger partial charge is 0.255 e. The Balaban J connectivity index is 1.77. The van der Waals surface area contributed by atoms with Crippen LogP contribution >= 0.6 is 11.6 Å². The molecule has 0 spiro atoms. The highest BCUT2D eigenvalue weighted by Gasteiger charge is 2.51. The van der Waals surface area contributed by atoms with Gasteiger partial charge in [0.25, 0.3) is 11.8 Å². The van der Waals surface area contributed by atoms with Crippen molar-refractivity contribution in [3.8, 4) is 5.88 Å². The van der Waals surface area contributed by atoms with Gasteiger partial charge in [0.05, 0.1) is 12.2 Å². The lowest BCUT2D eigenvalue weighted by molar-refractivity contribution is 0.0920. The number of carbonyl (C=O) groups is 1. The van der Waals surface area contributed by atoms with Crippen LogP contribution in [0, 0.1) is 6.92 Å². The summed E-state index contributed by atoms with van der Waals surface area (Å²) in [5, 5.41) is 6.76. The number of aryl methyl sites for hydroxylation is 1. The first-order valence-electron chi connectivity index (χ1n) is 6.97. The lowest BCUT2D eigenvalue weighted by Crippen LogP contribution is -2.35. The second-order valence-corrected chi connectivity index (χ2v) is 5.46. The molecule has 1 fully saturated rings. The average Bonchev–Trinajstić information content (AvgIpc) is 3.11. The van der Waals surface area contributed by atoms with Crippen LogP contribution in [-0.4, -0.2) is 27.6 Å². The van der Waals surface area contributed by atoms with E-state index in [9.17, 15) is 4.79 Å². The van der Waals surface area contributed by atoms with Crippen LogP contribution in [0.5, 0.6) is 5.88 Å². The molecule has 2 heterocycles. The van der Waals surface area contributed by atoms with Gasteiger partial charge in [-0.25, -0.2) is 4.98 Å². The van der Waals surface area contributed by atoms with Gasteiger partial charge in [0, 0.05) is 6.07 Å². The van der Waals surface area contributed by atoms with Gasteiger partial charge in [0.2, 0.25) is 5.88 Å². The standard InChI is InChI=1S/C14H15ClN4O3/c1-3-21-10-5-4-9(11(15)17-10)12(20)18-14(6-7-14)13-16-8(2)19-22-13/h4-5H,3,6-7H2,1-2H3,(H,18,20). The third-order valence-electron chi connectivity index (χ3n) is 3.40. The number of amides is 1. The Hall–Kier alpha value is -2.15. The predicted octanol–water partition coefficient (Wildman–Crippen LogP) is 2.24. The van der Waals surface area contributed by atoms with Gasteiger partial charge >= 0.3 is 0 Å². The van der Waals surface area contributed by atoms with E-state index in [0.29, 0.717) is 24.2 Å². The fourth-order valence-corrected chi connectivity index (χ4v) is 2.34. The van der Waals surface area contributed by atoms with Crippen LogP contribution in [0.4, 0.5) is 0 Å². The van der Waals surface area contributed by atoms with E-state index in [1.807, 2.05) is 6.92 Å². The van der Waals surface area contributed by atoms with Crippen molar-refractivity contribution in [2.45, 2.75) is 32.2 Å². The number of nitrogens with one attached hydrogen (secondary N) is 1. The first kappa shape index (κ1) is 14.8. The quantitative estimate of drug-likeness (QED) is 0.849. The summed E-state index contributed by atoms with van der Waals surface area (Å²) in [6.07, 6.45) is 1.50. The first-order chi connectivity index (χ1) is 10.5. The number of carbonyl (C=O) groups excluding carboxylic acids is 1. The summed E-state index contributed by atoms with van der Waals surface area (Å²) in [5.41, 5.74) is -0.298. The second kappa shape index (κ2) is 5.57. The normalized spacial score (nSPS) is 15.4. The van der Waals surface area contributed by atoms with Gasteiger partial charge in [-0.3, -0.25) is 4.79 Å². The predicted molar refractivity (Wildman–Crippen MR) is 77.8 cm³/mol. The monoisotopic (exact) mass is 322 g/mol. The minimum atomic E-state index is -0.583. The summed E-state index contributed by atoms with van der Waals surface area (Å²) < 4.78 is 10.4. The lowest BCUT2D eigenvalue weighted by atomic mass is 10.2. The Morgan fingerprint density at radius 1 is 1.45 bits per heavy atom. The van der Waals surface area contributed by atoms with E-state index in [4.69, 9.17) is 20.9 Å². The van der Waals surface area contributed by atoms with Crippen molar-refractivity contribution < 1.29 is 14.1 Å². The SMILES string of the molecule is CCOc1ccc(C(=O)NC2(c3nc(C)no3)CC2)c(Cl)n1. The van der Waals surface area contributed by atoms with Crippen molar-refractivity contribution in [1.29, 1.82) is 0 Å². The third-order valence-corrected chi connectivity index (χ3v) is 3.69. The van der Waals surface area contributed by atoms with Crippen molar-refractivity contribution in [2.75, 3.05) is 6.61 Å². The largest absolute Gasteiger partial charge is 0.478 e. The molecule has 0 unspecified atom stereocenters. The van der Waals surface area contributed by atoms with Gasteiger partial charge in [-0.2, -0.15) is 4.98 Å². The van der Waals surface area contributed by atoms with Gasteiger partial charge in [-0.15, -0.1) is 0 Å². The molecule has 1 aliphatic rings. The van der Waals surface area contributed by atoms with Crippen LogP contribution in [0.1, 0.15) is 41.8 Å². The summed E-state index contributed by atoms with van der Waals surface area (Å²) in [6, 6.07) is 3.20. The number of hydrogen-bond acceptors (Lipinski definition) is 6. The maximum atomic E-state index is 12.4. The van der Waals surface area contributed by atoms with Gasteiger partial charge in [-0.05, 0) is 32.8 Å². The van der Waals surface area contributed by atoms with Crippen LogP contribution in [0.15, 0.2) is 16.7 Å². The van der Waals surface area contributed by atoms with Crippen molar-refractivity contribution in [2.24, 2.45) is 0 Å². The Bertz CT molecular complexity index is 712. The van der Waals surface area contributed by atoms with Crippen LogP contribution in [0.2, 0.25) is 5.15 Å².